The summed E-state index contributed by atoms with van der Waals surface area (Å²) < 4.78 is 24.6. The highest BCUT2D eigenvalue weighted by Gasteiger charge is 2.20. The van der Waals surface area contributed by atoms with E-state index in [9.17, 15) is 19.1 Å². The molecule has 0 spiro atoms. The molecule has 0 heterocycles. The number of hydrogen-bond acceptors (Lipinski definition) is 5. The lowest BCUT2D eigenvalue weighted by Crippen LogP contribution is -2.31. The van der Waals surface area contributed by atoms with Crippen molar-refractivity contribution in [3.05, 3.63) is 125 Å². The molecule has 0 aliphatic rings. The van der Waals surface area contributed by atoms with E-state index >= 15 is 0 Å². The first-order chi connectivity index (χ1) is 18.9. The molecule has 0 fully saturated rings. The van der Waals surface area contributed by atoms with Gasteiger partial charge in [-0.25, -0.2) is 4.39 Å². The molecule has 4 aromatic carbocycles. The minimum absolute atomic E-state index is 0.147. The van der Waals surface area contributed by atoms with E-state index in [1.54, 1.807) is 77.7 Å². The van der Waals surface area contributed by atoms with Crippen molar-refractivity contribution < 1.29 is 28.6 Å². The minimum Gasteiger partial charge on any atom is -0.493 e. The van der Waals surface area contributed by atoms with Gasteiger partial charge in [-0.15, -0.1) is 0 Å². The van der Waals surface area contributed by atoms with Gasteiger partial charge in [0.05, 0.1) is 7.11 Å². The number of aliphatic hydroxyl groups is 1. The van der Waals surface area contributed by atoms with Gasteiger partial charge in [0.15, 0.2) is 17.3 Å². The van der Waals surface area contributed by atoms with Crippen molar-refractivity contribution in [1.29, 1.82) is 0 Å². The van der Waals surface area contributed by atoms with Crippen LogP contribution in [-0.2, 0) is 6.54 Å². The molecule has 0 bridgehead atoms. The summed E-state index contributed by atoms with van der Waals surface area (Å²) in [6.45, 7) is 2.91. The quantitative estimate of drug-likeness (QED) is 0.223. The minimum atomic E-state index is -1.23. The van der Waals surface area contributed by atoms with Crippen molar-refractivity contribution >= 4 is 11.7 Å². The maximum Gasteiger partial charge on any atom is 0.254 e. The maximum atomic E-state index is 13.7. The number of Topliss-reactive ketones (excluding diaryl/α,β-unsaturated/α-hetero) is 1. The van der Waals surface area contributed by atoms with Crippen LogP contribution in [0.15, 0.2) is 97.1 Å². The number of amides is 1. The molecule has 6 nitrogen and oxygen atoms in total. The molecular formula is C32H30FNO5. The monoisotopic (exact) mass is 527 g/mol. The molecule has 0 aromatic heterocycles. The second-order valence-electron chi connectivity index (χ2n) is 9.02. The van der Waals surface area contributed by atoms with Gasteiger partial charge in [0.1, 0.15) is 17.7 Å². The predicted molar refractivity (Wildman–Crippen MR) is 147 cm³/mol. The second kappa shape index (κ2) is 12.8. The number of halogens is 1. The predicted octanol–water partition coefficient (Wildman–Crippen LogP) is 6.60. The zero-order chi connectivity index (χ0) is 27.8. The molecule has 0 saturated carbocycles. The number of ketones is 1. The van der Waals surface area contributed by atoms with Gasteiger partial charge in [0.25, 0.3) is 5.91 Å². The molecule has 1 atom stereocenters. The SMILES string of the molecule is CCCN(Cc1ccc(C(=O)C(O)c2ccccc2)cc1)C(=O)c1ccc(Oc2cc(F)ccc2OC)cc1. The number of hydrogen-bond donors (Lipinski definition) is 1. The Hall–Kier alpha value is -4.49. The van der Waals surface area contributed by atoms with E-state index in [2.05, 4.69) is 0 Å². The summed E-state index contributed by atoms with van der Waals surface area (Å²) in [5.74, 6) is 0.0992. The lowest BCUT2D eigenvalue weighted by Gasteiger charge is -2.23. The number of carbonyl (C=O) groups is 2. The topological polar surface area (TPSA) is 76.1 Å². The molecule has 0 aliphatic heterocycles. The average Bonchev–Trinajstić information content (AvgIpc) is 2.97. The van der Waals surface area contributed by atoms with Crippen LogP contribution in [0, 0.1) is 5.82 Å². The van der Waals surface area contributed by atoms with Crippen LogP contribution in [0.3, 0.4) is 0 Å². The third kappa shape index (κ3) is 6.89. The van der Waals surface area contributed by atoms with Crippen LogP contribution in [0.4, 0.5) is 4.39 Å². The Morgan fingerprint density at radius 1 is 0.872 bits per heavy atom. The Bertz CT molecular complexity index is 1410. The van der Waals surface area contributed by atoms with E-state index in [1.165, 1.54) is 25.3 Å². The zero-order valence-electron chi connectivity index (χ0n) is 21.8. The number of rotatable bonds is 11. The Labute approximate surface area is 227 Å². The fourth-order valence-corrected chi connectivity index (χ4v) is 4.17. The van der Waals surface area contributed by atoms with Gasteiger partial charge in [0, 0.05) is 30.3 Å². The largest absolute Gasteiger partial charge is 0.493 e. The van der Waals surface area contributed by atoms with E-state index in [-0.39, 0.29) is 17.4 Å². The summed E-state index contributed by atoms with van der Waals surface area (Å²) >= 11 is 0. The molecule has 1 unspecified atom stereocenters. The highest BCUT2D eigenvalue weighted by atomic mass is 19.1. The Kier molecular flexibility index (Phi) is 9.07. The van der Waals surface area contributed by atoms with E-state index < -0.39 is 11.9 Å². The van der Waals surface area contributed by atoms with Crippen LogP contribution in [-0.4, -0.2) is 35.4 Å². The fourth-order valence-electron chi connectivity index (χ4n) is 4.17. The molecule has 0 radical (unpaired) electrons. The Morgan fingerprint density at radius 3 is 2.18 bits per heavy atom. The van der Waals surface area contributed by atoms with Crippen molar-refractivity contribution in [2.45, 2.75) is 26.0 Å². The Balaban J connectivity index is 1.43. The molecule has 1 amide bonds. The van der Waals surface area contributed by atoms with Crippen LogP contribution in [0.25, 0.3) is 0 Å². The molecule has 7 heteroatoms. The summed E-state index contributed by atoms with van der Waals surface area (Å²) in [5.41, 5.74) is 2.28. The highest BCUT2D eigenvalue weighted by Crippen LogP contribution is 2.32. The third-order valence-electron chi connectivity index (χ3n) is 6.21. The van der Waals surface area contributed by atoms with Crippen molar-refractivity contribution in [2.75, 3.05) is 13.7 Å². The lowest BCUT2D eigenvalue weighted by molar-refractivity contribution is 0.0737. The van der Waals surface area contributed by atoms with Gasteiger partial charge >= 0.3 is 0 Å². The van der Waals surface area contributed by atoms with E-state index in [1.807, 2.05) is 13.0 Å². The third-order valence-corrected chi connectivity index (χ3v) is 6.21. The summed E-state index contributed by atoms with van der Waals surface area (Å²) in [7, 11) is 1.48. The van der Waals surface area contributed by atoms with Crippen molar-refractivity contribution in [3.63, 3.8) is 0 Å². The molecule has 4 aromatic rings. The first kappa shape index (κ1) is 27.5. The number of aliphatic hydroxyl groups excluding tert-OH is 1. The second-order valence-corrected chi connectivity index (χ2v) is 9.02. The number of nitrogens with zero attached hydrogens (tertiary/aromatic N) is 1. The average molecular weight is 528 g/mol. The van der Waals surface area contributed by atoms with Gasteiger partial charge in [0.2, 0.25) is 0 Å². The highest BCUT2D eigenvalue weighted by molar-refractivity contribution is 6.00. The van der Waals surface area contributed by atoms with Crippen LogP contribution >= 0.6 is 0 Å². The Morgan fingerprint density at radius 2 is 1.54 bits per heavy atom. The normalized spacial score (nSPS) is 11.5. The summed E-state index contributed by atoms with van der Waals surface area (Å²) in [5, 5.41) is 10.4. The van der Waals surface area contributed by atoms with Crippen LogP contribution in [0.5, 0.6) is 17.2 Å². The number of benzene rings is 4. The first-order valence-corrected chi connectivity index (χ1v) is 12.7. The number of carbonyl (C=O) groups excluding carboxylic acids is 2. The lowest BCUT2D eigenvalue weighted by atomic mass is 9.99. The van der Waals surface area contributed by atoms with Crippen LogP contribution in [0.2, 0.25) is 0 Å². The standard InChI is InChI=1S/C32H30FNO5/c1-3-19-34(21-22-9-11-24(12-10-22)31(36)30(35)23-7-5-4-6-8-23)32(37)25-13-16-27(17-14-25)39-29-20-26(33)15-18-28(29)38-2/h4-18,20,30,35H,3,19,21H2,1-2H3. The van der Waals surface area contributed by atoms with Gasteiger partial charge in [-0.2, -0.15) is 0 Å². The van der Waals surface area contributed by atoms with Crippen molar-refractivity contribution in [1.82, 2.24) is 4.90 Å². The molecule has 39 heavy (non-hydrogen) atoms. The van der Waals surface area contributed by atoms with Crippen molar-refractivity contribution in [2.24, 2.45) is 0 Å². The first-order valence-electron chi connectivity index (χ1n) is 12.7. The van der Waals surface area contributed by atoms with E-state index in [4.69, 9.17) is 9.47 Å². The molecular weight excluding hydrogens is 497 g/mol. The zero-order valence-corrected chi connectivity index (χ0v) is 21.8. The summed E-state index contributed by atoms with van der Waals surface area (Å²) in [4.78, 5) is 27.8. The number of ether oxygens (including phenoxy) is 2. The van der Waals surface area contributed by atoms with Gasteiger partial charge < -0.3 is 19.5 Å². The van der Waals surface area contributed by atoms with Gasteiger partial charge in [-0.1, -0.05) is 61.5 Å². The van der Waals surface area contributed by atoms with Crippen molar-refractivity contribution in [3.8, 4) is 17.2 Å². The number of methoxy groups -OCH3 is 1. The van der Waals surface area contributed by atoms with E-state index in [0.717, 1.165) is 12.0 Å². The fraction of sp³-hybridized carbons (Fsp3) is 0.188. The molecule has 1 N–H and O–H groups in total. The summed E-state index contributed by atoms with van der Waals surface area (Å²) in [6.07, 6.45) is -0.462. The molecule has 0 aliphatic carbocycles. The smallest absolute Gasteiger partial charge is 0.254 e. The molecule has 4 rings (SSSR count). The van der Waals surface area contributed by atoms with E-state index in [0.29, 0.717) is 41.3 Å². The van der Waals surface area contributed by atoms with Gasteiger partial charge in [-0.05, 0) is 53.9 Å². The molecule has 0 saturated heterocycles. The molecule has 200 valence electrons. The maximum absolute atomic E-state index is 13.7. The van der Waals surface area contributed by atoms with Crippen LogP contribution < -0.4 is 9.47 Å². The van der Waals surface area contributed by atoms with Crippen LogP contribution in [0.1, 0.15) is 51.3 Å². The van der Waals surface area contributed by atoms with Gasteiger partial charge in [-0.3, -0.25) is 9.59 Å². The summed E-state index contributed by atoms with van der Waals surface area (Å²) in [6, 6.07) is 26.4.